The van der Waals surface area contributed by atoms with E-state index in [0.717, 1.165) is 41.7 Å². The van der Waals surface area contributed by atoms with Crippen LogP contribution in [-0.2, 0) is 0 Å². The summed E-state index contributed by atoms with van der Waals surface area (Å²) < 4.78 is 1.02. The molecule has 0 spiro atoms. The van der Waals surface area contributed by atoms with E-state index >= 15 is 0 Å². The van der Waals surface area contributed by atoms with Gasteiger partial charge in [-0.05, 0) is 49.9 Å². The molecule has 0 bridgehead atoms. The molecule has 0 amide bonds. The summed E-state index contributed by atoms with van der Waals surface area (Å²) in [6.07, 6.45) is 6.38. The number of rotatable bonds is 8. The Morgan fingerprint density at radius 1 is 1.50 bits per heavy atom. The van der Waals surface area contributed by atoms with Gasteiger partial charge >= 0.3 is 0 Å². The molecule has 100 valence electrons. The number of unbranched alkanes of at least 4 members (excludes halogenated alkanes) is 1. The van der Waals surface area contributed by atoms with E-state index in [1.54, 1.807) is 0 Å². The van der Waals surface area contributed by atoms with Crippen LogP contribution in [0.3, 0.4) is 0 Å². The molecule has 0 heterocycles. The minimum absolute atomic E-state index is 0.338. The minimum atomic E-state index is 0.338. The molecular weight excluding hydrogens is 310 g/mol. The Morgan fingerprint density at radius 2 is 2.28 bits per heavy atom. The van der Waals surface area contributed by atoms with Crippen LogP contribution in [0.25, 0.3) is 0 Å². The maximum absolute atomic E-state index is 6.33. The lowest BCUT2D eigenvalue weighted by Gasteiger charge is -2.20. The topological polar surface area (TPSA) is 12.0 Å². The molecule has 18 heavy (non-hydrogen) atoms. The zero-order valence-electron chi connectivity index (χ0n) is 10.9. The van der Waals surface area contributed by atoms with Crippen molar-refractivity contribution >= 4 is 27.5 Å². The van der Waals surface area contributed by atoms with Gasteiger partial charge in [0.15, 0.2) is 0 Å². The van der Waals surface area contributed by atoms with Crippen LogP contribution in [0.5, 0.6) is 0 Å². The summed E-state index contributed by atoms with van der Waals surface area (Å²) in [6.45, 7) is 6.97. The van der Waals surface area contributed by atoms with Gasteiger partial charge in [-0.15, -0.1) is 6.58 Å². The Labute approximate surface area is 124 Å². The second-order valence-electron chi connectivity index (χ2n) is 4.39. The minimum Gasteiger partial charge on any atom is -0.310 e. The number of hydrogen-bond donors (Lipinski definition) is 1. The van der Waals surface area contributed by atoms with Gasteiger partial charge in [0.2, 0.25) is 0 Å². The monoisotopic (exact) mass is 329 g/mol. The van der Waals surface area contributed by atoms with Gasteiger partial charge in [0.05, 0.1) is 0 Å². The van der Waals surface area contributed by atoms with E-state index in [0.29, 0.717) is 6.04 Å². The zero-order chi connectivity index (χ0) is 13.4. The van der Waals surface area contributed by atoms with Crippen LogP contribution in [0.1, 0.15) is 44.2 Å². The van der Waals surface area contributed by atoms with E-state index < -0.39 is 0 Å². The van der Waals surface area contributed by atoms with Crippen molar-refractivity contribution in [2.75, 3.05) is 6.54 Å². The van der Waals surface area contributed by atoms with Gasteiger partial charge in [-0.25, -0.2) is 0 Å². The molecule has 0 aliphatic rings. The van der Waals surface area contributed by atoms with Crippen molar-refractivity contribution in [3.63, 3.8) is 0 Å². The van der Waals surface area contributed by atoms with E-state index in [4.69, 9.17) is 11.6 Å². The molecule has 0 radical (unpaired) electrons. The summed E-state index contributed by atoms with van der Waals surface area (Å²) in [7, 11) is 0. The highest BCUT2D eigenvalue weighted by Crippen LogP contribution is 2.29. The van der Waals surface area contributed by atoms with Crippen molar-refractivity contribution < 1.29 is 0 Å². The molecule has 1 N–H and O–H groups in total. The van der Waals surface area contributed by atoms with Crippen molar-refractivity contribution in [1.82, 2.24) is 5.32 Å². The number of halogens is 2. The first kappa shape index (κ1) is 15.7. The molecule has 3 heteroatoms. The predicted molar refractivity (Wildman–Crippen MR) is 84.2 cm³/mol. The quantitative estimate of drug-likeness (QED) is 0.490. The molecule has 0 aliphatic heterocycles. The highest BCUT2D eigenvalue weighted by atomic mass is 79.9. The van der Waals surface area contributed by atoms with Crippen molar-refractivity contribution in [1.29, 1.82) is 0 Å². The van der Waals surface area contributed by atoms with Gasteiger partial charge < -0.3 is 5.32 Å². The van der Waals surface area contributed by atoms with E-state index in [1.165, 1.54) is 5.56 Å². The summed E-state index contributed by atoms with van der Waals surface area (Å²) in [4.78, 5) is 0. The summed E-state index contributed by atoms with van der Waals surface area (Å²) in [5, 5.41) is 4.40. The van der Waals surface area contributed by atoms with Crippen LogP contribution in [0.4, 0.5) is 0 Å². The third-order valence-electron chi connectivity index (χ3n) is 2.88. The van der Waals surface area contributed by atoms with Crippen molar-refractivity contribution in [2.24, 2.45) is 0 Å². The number of benzene rings is 1. The Morgan fingerprint density at radius 3 is 2.89 bits per heavy atom. The number of allylic oxidation sites excluding steroid dienone is 1. The zero-order valence-corrected chi connectivity index (χ0v) is 13.2. The van der Waals surface area contributed by atoms with Crippen molar-refractivity contribution in [3.05, 3.63) is 45.9 Å². The van der Waals surface area contributed by atoms with Crippen molar-refractivity contribution in [3.8, 4) is 0 Å². The molecule has 1 aromatic carbocycles. The molecule has 0 fully saturated rings. The lowest BCUT2D eigenvalue weighted by molar-refractivity contribution is 0.486. The Hall–Kier alpha value is -0.310. The molecule has 0 aromatic heterocycles. The summed E-state index contributed by atoms with van der Waals surface area (Å²) >= 11 is 9.77. The Kier molecular flexibility index (Phi) is 7.64. The highest BCUT2D eigenvalue weighted by Gasteiger charge is 2.13. The van der Waals surface area contributed by atoms with Crippen LogP contribution < -0.4 is 5.32 Å². The SMILES string of the molecule is C=CCCCC(NCCC)c1ccc(Br)cc1Cl. The molecule has 1 atom stereocenters. The number of hydrogen-bond acceptors (Lipinski definition) is 1. The maximum Gasteiger partial charge on any atom is 0.0465 e. The fourth-order valence-electron chi connectivity index (χ4n) is 1.94. The van der Waals surface area contributed by atoms with Crippen LogP contribution in [-0.4, -0.2) is 6.54 Å². The smallest absolute Gasteiger partial charge is 0.0465 e. The van der Waals surface area contributed by atoms with E-state index in [1.807, 2.05) is 12.1 Å². The van der Waals surface area contributed by atoms with Gasteiger partial charge in [0, 0.05) is 15.5 Å². The van der Waals surface area contributed by atoms with Gasteiger partial charge in [-0.2, -0.15) is 0 Å². The average Bonchev–Trinajstić information content (AvgIpc) is 2.34. The molecule has 1 aromatic rings. The molecule has 0 saturated carbocycles. The third-order valence-corrected chi connectivity index (χ3v) is 3.70. The molecule has 1 nitrogen and oxygen atoms in total. The number of nitrogens with one attached hydrogen (secondary N) is 1. The Balaban J connectivity index is 2.76. The van der Waals surface area contributed by atoms with Crippen LogP contribution >= 0.6 is 27.5 Å². The van der Waals surface area contributed by atoms with Gasteiger partial charge in [-0.1, -0.05) is 46.6 Å². The highest BCUT2D eigenvalue weighted by molar-refractivity contribution is 9.10. The molecule has 1 rings (SSSR count). The van der Waals surface area contributed by atoms with Crippen LogP contribution in [0, 0.1) is 0 Å². The van der Waals surface area contributed by atoms with Crippen LogP contribution in [0.15, 0.2) is 35.3 Å². The summed E-state index contributed by atoms with van der Waals surface area (Å²) in [5.41, 5.74) is 1.19. The van der Waals surface area contributed by atoms with E-state index in [-0.39, 0.29) is 0 Å². The fourth-order valence-corrected chi connectivity index (χ4v) is 2.74. The summed E-state index contributed by atoms with van der Waals surface area (Å²) in [6, 6.07) is 6.46. The largest absolute Gasteiger partial charge is 0.310 e. The van der Waals surface area contributed by atoms with Gasteiger partial charge in [0.1, 0.15) is 0 Å². The molecule has 0 saturated heterocycles. The third kappa shape index (κ3) is 5.13. The summed E-state index contributed by atoms with van der Waals surface area (Å²) in [5.74, 6) is 0. The Bertz CT molecular complexity index is 379. The lowest BCUT2D eigenvalue weighted by Crippen LogP contribution is -2.22. The van der Waals surface area contributed by atoms with E-state index in [2.05, 4.69) is 46.9 Å². The standard InChI is InChI=1S/C15H21BrClN/c1-3-5-6-7-15(18-10-4-2)13-9-8-12(16)11-14(13)17/h3,8-9,11,15,18H,1,4-7,10H2,2H3. The average molecular weight is 331 g/mol. The van der Waals surface area contributed by atoms with Crippen molar-refractivity contribution in [2.45, 2.75) is 38.6 Å². The van der Waals surface area contributed by atoms with Crippen LogP contribution in [0.2, 0.25) is 5.02 Å². The molecule has 0 aliphatic carbocycles. The predicted octanol–water partition coefficient (Wildman–Crippen LogP) is 5.50. The maximum atomic E-state index is 6.33. The van der Waals surface area contributed by atoms with Gasteiger partial charge in [-0.3, -0.25) is 0 Å². The lowest BCUT2D eigenvalue weighted by atomic mass is 10.0. The first-order valence-corrected chi connectivity index (χ1v) is 7.65. The normalized spacial score (nSPS) is 12.4. The first-order valence-electron chi connectivity index (χ1n) is 6.48. The van der Waals surface area contributed by atoms with E-state index in [9.17, 15) is 0 Å². The fraction of sp³-hybridized carbons (Fsp3) is 0.467. The van der Waals surface area contributed by atoms with Gasteiger partial charge in [0.25, 0.3) is 0 Å². The first-order chi connectivity index (χ1) is 8.69. The molecular formula is C15H21BrClN. The second kappa shape index (κ2) is 8.73. The molecule has 1 unspecified atom stereocenters. The second-order valence-corrected chi connectivity index (χ2v) is 5.71.